The van der Waals surface area contributed by atoms with Crippen LogP contribution in [0.2, 0.25) is 0 Å². The molecule has 0 aromatic carbocycles. The molecule has 0 aliphatic rings. The summed E-state index contributed by atoms with van der Waals surface area (Å²) in [6.45, 7) is 4.92. The summed E-state index contributed by atoms with van der Waals surface area (Å²) in [4.78, 5) is 34.2. The highest BCUT2D eigenvalue weighted by atomic mass is 32.2. The summed E-state index contributed by atoms with van der Waals surface area (Å²) < 4.78 is 0. The van der Waals surface area contributed by atoms with Crippen LogP contribution in [-0.2, 0) is 0 Å². The van der Waals surface area contributed by atoms with Crippen molar-refractivity contribution in [1.82, 2.24) is 10.3 Å². The van der Waals surface area contributed by atoms with E-state index >= 15 is 0 Å². The fourth-order valence-electron chi connectivity index (χ4n) is 1.10. The zero-order valence-corrected chi connectivity index (χ0v) is 13.7. The van der Waals surface area contributed by atoms with E-state index in [9.17, 15) is 25.0 Å². The molecular formula is C13H15N5O5S. The van der Waals surface area contributed by atoms with Gasteiger partial charge < -0.3 is 10.7 Å². The summed E-state index contributed by atoms with van der Waals surface area (Å²) in [6.07, 6.45) is 3.72. The van der Waals surface area contributed by atoms with Gasteiger partial charge in [0.1, 0.15) is 11.9 Å². The molecule has 0 fully saturated rings. The normalized spacial score (nSPS) is 10.0. The van der Waals surface area contributed by atoms with Gasteiger partial charge in [0, 0.05) is 24.2 Å². The standard InChI is InChI=1S/C7H7N3O3.C6H8N2O2S/c1-8-7(11)6-3-2-5(4-9-6)10(12)13;1-3-6(4-7)11-5(2)8(9)10/h2-4H,1H3,(H,8,11);3-4,7H,2H2,1H3/b;6-3-,7-4?. The first-order chi connectivity index (χ1) is 11.3. The number of amides is 1. The molecule has 0 aliphatic carbocycles. The lowest BCUT2D eigenvalue weighted by Gasteiger charge is -1.96. The molecule has 1 amide bonds. The van der Waals surface area contributed by atoms with Gasteiger partial charge in [0.15, 0.2) is 0 Å². The van der Waals surface area contributed by atoms with Crippen molar-refractivity contribution in [3.63, 3.8) is 0 Å². The first-order valence-corrected chi connectivity index (χ1v) is 7.08. The zero-order valence-electron chi connectivity index (χ0n) is 12.9. The smallest absolute Gasteiger partial charge is 0.300 e. The number of hydrogen-bond donors (Lipinski definition) is 2. The van der Waals surface area contributed by atoms with E-state index in [0.29, 0.717) is 4.91 Å². The third-order valence-corrected chi connectivity index (χ3v) is 3.26. The lowest BCUT2D eigenvalue weighted by molar-refractivity contribution is -0.409. The van der Waals surface area contributed by atoms with Crippen LogP contribution in [0.3, 0.4) is 0 Å². The third kappa shape index (κ3) is 7.26. The minimum atomic E-state index is -0.572. The molecule has 0 spiro atoms. The van der Waals surface area contributed by atoms with E-state index in [1.165, 1.54) is 19.2 Å². The van der Waals surface area contributed by atoms with Gasteiger partial charge in [0.2, 0.25) is 0 Å². The van der Waals surface area contributed by atoms with Crippen LogP contribution in [-0.4, -0.2) is 34.0 Å². The van der Waals surface area contributed by atoms with Crippen molar-refractivity contribution in [1.29, 1.82) is 5.41 Å². The van der Waals surface area contributed by atoms with E-state index in [4.69, 9.17) is 5.41 Å². The summed E-state index contributed by atoms with van der Waals surface area (Å²) in [6, 6.07) is 2.54. The summed E-state index contributed by atoms with van der Waals surface area (Å²) in [7, 11) is 1.46. The van der Waals surface area contributed by atoms with Gasteiger partial charge in [0.05, 0.1) is 9.85 Å². The molecule has 1 heterocycles. The number of nitrogens with zero attached hydrogens (tertiary/aromatic N) is 3. The van der Waals surface area contributed by atoms with Crippen molar-refractivity contribution < 1.29 is 14.6 Å². The fourth-order valence-corrected chi connectivity index (χ4v) is 1.62. The van der Waals surface area contributed by atoms with Crippen LogP contribution < -0.4 is 5.32 Å². The molecule has 1 aromatic heterocycles. The maximum Gasteiger partial charge on any atom is 0.300 e. The van der Waals surface area contributed by atoms with Crippen LogP contribution in [0.15, 0.2) is 40.9 Å². The molecule has 0 aliphatic heterocycles. The molecule has 0 bridgehead atoms. The number of thioether (sulfide) groups is 1. The van der Waals surface area contributed by atoms with Crippen molar-refractivity contribution in [2.24, 2.45) is 0 Å². The molecule has 24 heavy (non-hydrogen) atoms. The zero-order chi connectivity index (χ0) is 18.7. The molecule has 0 saturated carbocycles. The Balaban J connectivity index is 0.000000449. The van der Waals surface area contributed by atoms with E-state index in [1.807, 2.05) is 0 Å². The Labute approximate surface area is 141 Å². The van der Waals surface area contributed by atoms with Crippen LogP contribution in [0.25, 0.3) is 0 Å². The predicted molar refractivity (Wildman–Crippen MR) is 90.5 cm³/mol. The Kier molecular flexibility index (Phi) is 9.25. The van der Waals surface area contributed by atoms with Gasteiger partial charge in [-0.25, -0.2) is 4.98 Å². The van der Waals surface area contributed by atoms with E-state index in [-0.39, 0.29) is 22.3 Å². The van der Waals surface area contributed by atoms with E-state index < -0.39 is 9.85 Å². The van der Waals surface area contributed by atoms with Gasteiger partial charge in [-0.2, -0.15) is 0 Å². The second-order valence-electron chi connectivity index (χ2n) is 3.83. The third-order valence-electron chi connectivity index (χ3n) is 2.28. The Morgan fingerprint density at radius 1 is 1.42 bits per heavy atom. The lowest BCUT2D eigenvalue weighted by Crippen LogP contribution is -2.18. The maximum absolute atomic E-state index is 11.0. The molecule has 1 aromatic rings. The molecule has 11 heteroatoms. The number of allylic oxidation sites excluding steroid dienone is 2. The molecule has 2 N–H and O–H groups in total. The first kappa shape index (κ1) is 20.9. The molecule has 128 valence electrons. The molecule has 0 saturated heterocycles. The summed E-state index contributed by atoms with van der Waals surface area (Å²) in [5, 5.41) is 29.3. The number of carbonyl (C=O) groups excluding carboxylic acids is 1. The predicted octanol–water partition coefficient (Wildman–Crippen LogP) is 2.37. The first-order valence-electron chi connectivity index (χ1n) is 6.27. The van der Waals surface area contributed by atoms with Crippen LogP contribution in [0.4, 0.5) is 5.69 Å². The summed E-state index contributed by atoms with van der Waals surface area (Å²) in [5.41, 5.74) is 0.0285. The summed E-state index contributed by atoms with van der Waals surface area (Å²) >= 11 is 0.877. The second-order valence-corrected chi connectivity index (χ2v) is 4.97. The lowest BCUT2D eigenvalue weighted by atomic mass is 10.3. The average Bonchev–Trinajstić information content (AvgIpc) is 2.59. The van der Waals surface area contributed by atoms with Crippen LogP contribution in [0, 0.1) is 25.6 Å². The largest absolute Gasteiger partial charge is 0.354 e. The molecule has 0 radical (unpaired) electrons. The van der Waals surface area contributed by atoms with Gasteiger partial charge in [0.25, 0.3) is 11.6 Å². The van der Waals surface area contributed by atoms with Crippen molar-refractivity contribution in [3.8, 4) is 0 Å². The average molecular weight is 353 g/mol. The number of nitro groups is 2. The van der Waals surface area contributed by atoms with E-state index in [0.717, 1.165) is 24.2 Å². The van der Waals surface area contributed by atoms with Crippen LogP contribution in [0.5, 0.6) is 0 Å². The Hall–Kier alpha value is -3.08. The van der Waals surface area contributed by atoms with E-state index in [2.05, 4.69) is 16.9 Å². The van der Waals surface area contributed by atoms with Gasteiger partial charge in [-0.3, -0.25) is 25.0 Å². The topological polar surface area (TPSA) is 152 Å². The highest BCUT2D eigenvalue weighted by molar-refractivity contribution is 8.07. The fraction of sp³-hybridized carbons (Fsp3) is 0.154. The quantitative estimate of drug-likeness (QED) is 0.452. The number of nitrogens with one attached hydrogen (secondary N) is 2. The SMILES string of the molecule is C=C(S/C(C=N)=C\C)[N+](=O)[O-].CNC(=O)c1ccc([N+](=O)[O-])cn1. The number of pyridine rings is 1. The van der Waals surface area contributed by atoms with Gasteiger partial charge in [-0.1, -0.05) is 6.08 Å². The van der Waals surface area contributed by atoms with Gasteiger partial charge >= 0.3 is 5.03 Å². The molecular weight excluding hydrogens is 338 g/mol. The van der Waals surface area contributed by atoms with Gasteiger partial charge in [-0.05, 0) is 31.3 Å². The Bertz CT molecular complexity index is 672. The number of rotatable bonds is 6. The summed E-state index contributed by atoms with van der Waals surface area (Å²) in [5.74, 6) is -0.366. The minimum absolute atomic E-state index is 0.132. The Morgan fingerprint density at radius 2 is 2.04 bits per heavy atom. The maximum atomic E-state index is 11.0. The molecule has 1 rings (SSSR count). The second kappa shape index (κ2) is 10.6. The van der Waals surface area contributed by atoms with Crippen molar-refractivity contribution in [3.05, 3.63) is 66.8 Å². The van der Waals surface area contributed by atoms with Crippen LogP contribution >= 0.6 is 11.8 Å². The number of carbonyl (C=O) groups is 1. The number of hydrogen-bond acceptors (Lipinski definition) is 8. The highest BCUT2D eigenvalue weighted by Gasteiger charge is 2.09. The molecule has 0 atom stereocenters. The molecule has 10 nitrogen and oxygen atoms in total. The molecule has 0 unspecified atom stereocenters. The Morgan fingerprint density at radius 3 is 2.38 bits per heavy atom. The highest BCUT2D eigenvalue weighted by Crippen LogP contribution is 2.21. The van der Waals surface area contributed by atoms with Crippen molar-refractivity contribution in [2.45, 2.75) is 6.92 Å². The van der Waals surface area contributed by atoms with Crippen molar-refractivity contribution >= 4 is 29.6 Å². The van der Waals surface area contributed by atoms with Crippen LogP contribution in [0.1, 0.15) is 17.4 Å². The van der Waals surface area contributed by atoms with E-state index in [1.54, 1.807) is 13.0 Å². The number of aromatic nitrogens is 1. The minimum Gasteiger partial charge on any atom is -0.354 e. The van der Waals surface area contributed by atoms with Gasteiger partial charge in [-0.15, -0.1) is 0 Å². The monoisotopic (exact) mass is 353 g/mol. The van der Waals surface area contributed by atoms with Crippen molar-refractivity contribution in [2.75, 3.05) is 7.05 Å².